The minimum absolute atomic E-state index is 0.0559. The van der Waals surface area contributed by atoms with E-state index in [4.69, 9.17) is 0 Å². The standard InChI is InChI=1S/C23H14N4O5S/c28-20(13-5-3-7-15(11-13)27(31)32)18-19(14-6-4-10-24-12-14)26(22(30)21(18)29)23-25-16-8-1-2-9-17(16)33-23/h1-12,19,28H/b20-18+. The lowest BCUT2D eigenvalue weighted by Crippen LogP contribution is -2.29. The van der Waals surface area contributed by atoms with Gasteiger partial charge in [-0.25, -0.2) is 4.98 Å². The predicted octanol–water partition coefficient (Wildman–Crippen LogP) is 4.23. The van der Waals surface area contributed by atoms with Crippen molar-refractivity contribution in [3.05, 3.63) is 99.9 Å². The van der Waals surface area contributed by atoms with E-state index in [2.05, 4.69) is 9.97 Å². The number of nitro groups is 1. The highest BCUT2D eigenvalue weighted by molar-refractivity contribution is 7.22. The molecule has 0 radical (unpaired) electrons. The van der Waals surface area contributed by atoms with Gasteiger partial charge in [0.1, 0.15) is 5.76 Å². The van der Waals surface area contributed by atoms with Gasteiger partial charge in [0.05, 0.1) is 26.8 Å². The number of anilines is 1. The molecular weight excluding hydrogens is 444 g/mol. The summed E-state index contributed by atoms with van der Waals surface area (Å²) in [5.41, 5.74) is 0.775. The van der Waals surface area contributed by atoms with Crippen LogP contribution in [0.4, 0.5) is 10.8 Å². The van der Waals surface area contributed by atoms with E-state index in [1.54, 1.807) is 24.4 Å². The van der Waals surface area contributed by atoms with E-state index in [0.29, 0.717) is 16.2 Å². The van der Waals surface area contributed by atoms with Crippen molar-refractivity contribution in [1.82, 2.24) is 9.97 Å². The topological polar surface area (TPSA) is 127 Å². The second-order valence-electron chi connectivity index (χ2n) is 7.23. The van der Waals surface area contributed by atoms with Crippen molar-refractivity contribution in [3.63, 3.8) is 0 Å². The van der Waals surface area contributed by atoms with Gasteiger partial charge in [-0.1, -0.05) is 41.7 Å². The maximum atomic E-state index is 13.2. The van der Waals surface area contributed by atoms with E-state index in [9.17, 15) is 24.8 Å². The van der Waals surface area contributed by atoms with Gasteiger partial charge in [-0.15, -0.1) is 0 Å². The largest absolute Gasteiger partial charge is 0.507 e. The number of Topliss-reactive ketones (excluding diaryl/α,β-unsaturated/α-hetero) is 1. The number of aliphatic hydroxyl groups excluding tert-OH is 1. The van der Waals surface area contributed by atoms with Crippen LogP contribution in [0.5, 0.6) is 0 Å². The normalized spacial score (nSPS) is 17.6. The molecule has 9 nitrogen and oxygen atoms in total. The number of ketones is 1. The molecule has 1 unspecified atom stereocenters. The lowest BCUT2D eigenvalue weighted by Gasteiger charge is -2.22. The minimum atomic E-state index is -1.00. The zero-order valence-corrected chi connectivity index (χ0v) is 17.6. The van der Waals surface area contributed by atoms with Crippen LogP contribution in [0.15, 0.2) is 78.6 Å². The Balaban J connectivity index is 1.73. The Morgan fingerprint density at radius 1 is 1.09 bits per heavy atom. The van der Waals surface area contributed by atoms with E-state index in [1.807, 2.05) is 18.2 Å². The smallest absolute Gasteiger partial charge is 0.301 e. The van der Waals surface area contributed by atoms with Crippen LogP contribution in [0.1, 0.15) is 17.2 Å². The summed E-state index contributed by atoms with van der Waals surface area (Å²) < 4.78 is 0.832. The van der Waals surface area contributed by atoms with Gasteiger partial charge in [-0.05, 0) is 23.8 Å². The Labute approximate surface area is 190 Å². The number of hydrogen-bond donors (Lipinski definition) is 1. The molecule has 3 heterocycles. The molecule has 1 saturated heterocycles. The number of fused-ring (bicyclic) bond motifs is 1. The third-order valence-electron chi connectivity index (χ3n) is 5.26. The fourth-order valence-corrected chi connectivity index (χ4v) is 4.76. The van der Waals surface area contributed by atoms with Crippen molar-refractivity contribution >= 4 is 49.8 Å². The molecule has 10 heteroatoms. The summed E-state index contributed by atoms with van der Waals surface area (Å²) in [6.45, 7) is 0. The molecule has 0 aliphatic carbocycles. The van der Waals surface area contributed by atoms with Gasteiger partial charge in [0.2, 0.25) is 0 Å². The highest BCUT2D eigenvalue weighted by Gasteiger charge is 2.48. The summed E-state index contributed by atoms with van der Waals surface area (Å²) in [5, 5.41) is 22.6. The number of benzene rings is 2. The second kappa shape index (κ2) is 7.92. The maximum absolute atomic E-state index is 13.2. The van der Waals surface area contributed by atoms with Crippen LogP contribution in [0.3, 0.4) is 0 Å². The fourth-order valence-electron chi connectivity index (χ4n) is 3.77. The van der Waals surface area contributed by atoms with Crippen LogP contribution in [0, 0.1) is 10.1 Å². The quantitative estimate of drug-likeness (QED) is 0.159. The van der Waals surface area contributed by atoms with E-state index in [1.165, 1.54) is 40.6 Å². The van der Waals surface area contributed by atoms with E-state index in [0.717, 1.165) is 10.8 Å². The summed E-state index contributed by atoms with van der Waals surface area (Å²) in [4.78, 5) is 46.7. The van der Waals surface area contributed by atoms with Crippen molar-refractivity contribution in [1.29, 1.82) is 0 Å². The number of rotatable bonds is 4. The Kier molecular flexibility index (Phi) is 4.91. The molecular formula is C23H14N4O5S. The van der Waals surface area contributed by atoms with Gasteiger partial charge in [0, 0.05) is 30.1 Å². The highest BCUT2D eigenvalue weighted by Crippen LogP contribution is 2.44. The minimum Gasteiger partial charge on any atom is -0.507 e. The monoisotopic (exact) mass is 458 g/mol. The summed E-state index contributed by atoms with van der Waals surface area (Å²) in [5.74, 6) is -2.27. The molecule has 0 spiro atoms. The first-order valence-corrected chi connectivity index (χ1v) is 10.6. The van der Waals surface area contributed by atoms with Gasteiger partial charge in [0.15, 0.2) is 5.13 Å². The first-order chi connectivity index (χ1) is 16.0. The van der Waals surface area contributed by atoms with Crippen LogP contribution in [0.2, 0.25) is 0 Å². The SMILES string of the molecule is O=C1C(=O)N(c2nc3ccccc3s2)C(c2cccnc2)/C1=C(\O)c1cccc([N+](=O)[O-])c1. The molecule has 0 saturated carbocycles. The number of thiazole rings is 1. The number of aliphatic hydroxyl groups is 1. The average molecular weight is 458 g/mol. The highest BCUT2D eigenvalue weighted by atomic mass is 32.1. The summed E-state index contributed by atoms with van der Waals surface area (Å²) >= 11 is 1.24. The number of aromatic nitrogens is 2. The second-order valence-corrected chi connectivity index (χ2v) is 8.24. The first-order valence-electron chi connectivity index (χ1n) is 9.77. The molecule has 1 fully saturated rings. The van der Waals surface area contributed by atoms with Crippen LogP contribution < -0.4 is 4.90 Å². The van der Waals surface area contributed by atoms with Gasteiger partial charge in [-0.3, -0.25) is 29.6 Å². The lowest BCUT2D eigenvalue weighted by molar-refractivity contribution is -0.384. The van der Waals surface area contributed by atoms with E-state index >= 15 is 0 Å². The summed E-state index contributed by atoms with van der Waals surface area (Å²) in [6, 6.07) is 14.9. The van der Waals surface area contributed by atoms with Crippen molar-refractivity contribution in [2.24, 2.45) is 0 Å². The maximum Gasteiger partial charge on any atom is 0.301 e. The van der Waals surface area contributed by atoms with Gasteiger partial charge in [-0.2, -0.15) is 0 Å². The Morgan fingerprint density at radius 2 is 1.91 bits per heavy atom. The van der Waals surface area contributed by atoms with E-state index in [-0.39, 0.29) is 16.8 Å². The van der Waals surface area contributed by atoms with Crippen molar-refractivity contribution < 1.29 is 19.6 Å². The average Bonchev–Trinajstić information content (AvgIpc) is 3.38. The number of carbonyl (C=O) groups excluding carboxylic acids is 2. The van der Waals surface area contributed by atoms with Gasteiger partial charge >= 0.3 is 5.91 Å². The number of nitro benzene ring substituents is 1. The Hall–Kier alpha value is -4.44. The van der Waals surface area contributed by atoms with Gasteiger partial charge in [0.25, 0.3) is 11.5 Å². The Morgan fingerprint density at radius 3 is 2.64 bits per heavy atom. The number of pyridine rings is 1. The molecule has 33 heavy (non-hydrogen) atoms. The molecule has 0 bridgehead atoms. The molecule has 1 atom stereocenters. The van der Waals surface area contributed by atoms with Crippen LogP contribution >= 0.6 is 11.3 Å². The van der Waals surface area contributed by atoms with Crippen molar-refractivity contribution in [2.45, 2.75) is 6.04 Å². The zero-order chi connectivity index (χ0) is 23.1. The van der Waals surface area contributed by atoms with Crippen molar-refractivity contribution in [2.75, 3.05) is 4.90 Å². The zero-order valence-electron chi connectivity index (χ0n) is 16.8. The van der Waals surface area contributed by atoms with E-state index < -0.39 is 28.4 Å². The molecule has 1 N–H and O–H groups in total. The predicted molar refractivity (Wildman–Crippen MR) is 122 cm³/mol. The number of carbonyl (C=O) groups is 2. The number of hydrogen-bond acceptors (Lipinski definition) is 8. The fraction of sp³-hybridized carbons (Fsp3) is 0.0435. The Bertz CT molecular complexity index is 1430. The summed E-state index contributed by atoms with van der Waals surface area (Å²) in [6.07, 6.45) is 3.05. The molecule has 4 aromatic rings. The third-order valence-corrected chi connectivity index (χ3v) is 6.30. The van der Waals surface area contributed by atoms with Crippen molar-refractivity contribution in [3.8, 4) is 0 Å². The lowest BCUT2D eigenvalue weighted by atomic mass is 9.96. The van der Waals surface area contributed by atoms with Gasteiger partial charge < -0.3 is 5.11 Å². The molecule has 1 aliphatic heterocycles. The molecule has 1 aliphatic rings. The molecule has 5 rings (SSSR count). The van der Waals surface area contributed by atoms with Crippen LogP contribution in [-0.2, 0) is 9.59 Å². The van der Waals surface area contributed by atoms with Crippen LogP contribution in [-0.4, -0.2) is 31.7 Å². The molecule has 2 aromatic heterocycles. The molecule has 2 aromatic carbocycles. The number of amides is 1. The number of para-hydroxylation sites is 1. The van der Waals surface area contributed by atoms with Crippen LogP contribution in [0.25, 0.3) is 16.0 Å². The summed E-state index contributed by atoms with van der Waals surface area (Å²) in [7, 11) is 0. The number of nitrogens with zero attached hydrogens (tertiary/aromatic N) is 4. The molecule has 162 valence electrons. The number of non-ortho nitro benzene ring substituents is 1. The third kappa shape index (κ3) is 3.42. The first kappa shape index (κ1) is 20.5. The molecule has 1 amide bonds.